The summed E-state index contributed by atoms with van der Waals surface area (Å²) < 4.78 is 1.96. The lowest BCUT2D eigenvalue weighted by atomic mass is 9.96. The van der Waals surface area contributed by atoms with Crippen LogP contribution in [-0.2, 0) is 0 Å². The third-order valence-corrected chi connectivity index (χ3v) is 5.24. The molecule has 0 amide bonds. The summed E-state index contributed by atoms with van der Waals surface area (Å²) in [5.41, 5.74) is 6.22. The summed E-state index contributed by atoms with van der Waals surface area (Å²) >= 11 is 4.96. The Morgan fingerprint density at radius 2 is 2.04 bits per heavy atom. The summed E-state index contributed by atoms with van der Waals surface area (Å²) in [6.45, 7) is 1.42. The summed E-state index contributed by atoms with van der Waals surface area (Å²) in [6.07, 6.45) is 7.58. The Morgan fingerprint density at radius 1 is 1.30 bits per heavy atom. The van der Waals surface area contributed by atoms with E-state index in [1.165, 1.54) is 19.3 Å². The maximum Gasteiger partial charge on any atom is 0.262 e. The highest BCUT2D eigenvalue weighted by atomic mass is 32.1. The number of nitrogens with two attached hydrogens (primary N) is 1. The van der Waals surface area contributed by atoms with E-state index in [-0.39, 0.29) is 11.5 Å². The Bertz CT molecular complexity index is 800. The number of fused-ring (bicyclic) bond motifs is 1. The average Bonchev–Trinajstić information content (AvgIpc) is 2.90. The monoisotopic (exact) mass is 332 g/mol. The molecule has 0 radical (unpaired) electrons. The van der Waals surface area contributed by atoms with Gasteiger partial charge in [-0.1, -0.05) is 19.3 Å². The second kappa shape index (κ2) is 5.59. The van der Waals surface area contributed by atoms with Gasteiger partial charge in [-0.25, -0.2) is 9.67 Å². The predicted octanol–water partition coefficient (Wildman–Crippen LogP) is 1.27. The molecular weight excluding hydrogens is 312 g/mol. The molecule has 4 rings (SSSR count). The molecule has 2 aromatic heterocycles. The molecule has 0 atom stereocenters. The molecule has 7 nitrogen and oxygen atoms in total. The number of aromatic nitrogens is 4. The van der Waals surface area contributed by atoms with Crippen LogP contribution in [0.25, 0.3) is 11.0 Å². The standard InChI is InChI=1S/C15H20N6OS/c16-15(23)20-7-9(8-20)12-18-13-11(14(22)19-12)6-17-21(13)10-4-2-1-3-5-10/h6,9-10H,1-5,7-8H2,(H2,16,23)(H,18,19,22). The van der Waals surface area contributed by atoms with Crippen LogP contribution in [0, 0.1) is 0 Å². The second-order valence-electron chi connectivity index (χ2n) is 6.51. The largest absolute Gasteiger partial charge is 0.376 e. The number of likely N-dealkylation sites (tertiary alicyclic amines) is 1. The maximum atomic E-state index is 12.3. The van der Waals surface area contributed by atoms with Crippen LogP contribution >= 0.6 is 12.2 Å². The fraction of sp³-hybridized carbons (Fsp3) is 0.600. The first kappa shape index (κ1) is 14.6. The topological polar surface area (TPSA) is 92.8 Å². The van der Waals surface area contributed by atoms with E-state index in [1.807, 2.05) is 9.58 Å². The molecule has 1 aliphatic carbocycles. The van der Waals surface area contributed by atoms with E-state index in [0.717, 1.165) is 12.8 Å². The highest BCUT2D eigenvalue weighted by Crippen LogP contribution is 2.30. The zero-order valence-electron chi connectivity index (χ0n) is 12.9. The van der Waals surface area contributed by atoms with Crippen LogP contribution < -0.4 is 11.3 Å². The smallest absolute Gasteiger partial charge is 0.262 e. The first-order chi connectivity index (χ1) is 11.1. The van der Waals surface area contributed by atoms with E-state index in [4.69, 9.17) is 22.9 Å². The van der Waals surface area contributed by atoms with E-state index < -0.39 is 0 Å². The third kappa shape index (κ3) is 2.50. The summed E-state index contributed by atoms with van der Waals surface area (Å²) in [5.74, 6) is 0.885. The zero-order valence-corrected chi connectivity index (χ0v) is 13.7. The summed E-state index contributed by atoms with van der Waals surface area (Å²) in [7, 11) is 0. The van der Waals surface area contributed by atoms with Crippen LogP contribution in [0.15, 0.2) is 11.0 Å². The van der Waals surface area contributed by atoms with Crippen LogP contribution in [0.3, 0.4) is 0 Å². The number of hydrogen-bond donors (Lipinski definition) is 2. The van der Waals surface area contributed by atoms with Gasteiger partial charge < -0.3 is 15.6 Å². The fourth-order valence-electron chi connectivity index (χ4n) is 3.57. The Morgan fingerprint density at radius 3 is 2.74 bits per heavy atom. The van der Waals surface area contributed by atoms with E-state index in [1.54, 1.807) is 6.20 Å². The lowest BCUT2D eigenvalue weighted by molar-refractivity contribution is 0.246. The van der Waals surface area contributed by atoms with Crippen molar-refractivity contribution >= 4 is 28.4 Å². The van der Waals surface area contributed by atoms with Crippen molar-refractivity contribution in [2.45, 2.75) is 44.1 Å². The number of thiocarbonyl (C=S) groups is 1. The number of nitrogens with one attached hydrogen (secondary N) is 1. The molecule has 1 aliphatic heterocycles. The van der Waals surface area contributed by atoms with Crippen LogP contribution in [0.4, 0.5) is 0 Å². The number of aromatic amines is 1. The fourth-order valence-corrected chi connectivity index (χ4v) is 3.72. The normalized spacial score (nSPS) is 19.9. The van der Waals surface area contributed by atoms with Crippen molar-refractivity contribution in [3.05, 3.63) is 22.4 Å². The quantitative estimate of drug-likeness (QED) is 0.805. The maximum absolute atomic E-state index is 12.3. The molecule has 8 heteroatoms. The predicted molar refractivity (Wildman–Crippen MR) is 91.4 cm³/mol. The molecule has 2 fully saturated rings. The van der Waals surface area contributed by atoms with Crippen molar-refractivity contribution in [2.24, 2.45) is 5.73 Å². The molecule has 0 unspecified atom stereocenters. The van der Waals surface area contributed by atoms with E-state index >= 15 is 0 Å². The van der Waals surface area contributed by atoms with Gasteiger partial charge in [0.2, 0.25) is 0 Å². The van der Waals surface area contributed by atoms with Crippen molar-refractivity contribution < 1.29 is 0 Å². The van der Waals surface area contributed by atoms with Gasteiger partial charge in [0, 0.05) is 13.1 Å². The molecule has 2 aliphatic rings. The van der Waals surface area contributed by atoms with Crippen LogP contribution in [0.2, 0.25) is 0 Å². The second-order valence-corrected chi connectivity index (χ2v) is 6.93. The minimum Gasteiger partial charge on any atom is -0.376 e. The number of hydrogen-bond acceptors (Lipinski definition) is 4. The molecule has 23 heavy (non-hydrogen) atoms. The highest BCUT2D eigenvalue weighted by molar-refractivity contribution is 7.80. The van der Waals surface area contributed by atoms with Gasteiger partial charge in [-0.3, -0.25) is 4.79 Å². The van der Waals surface area contributed by atoms with Crippen molar-refractivity contribution in [1.82, 2.24) is 24.6 Å². The first-order valence-corrected chi connectivity index (χ1v) is 8.56. The molecule has 1 saturated carbocycles. The first-order valence-electron chi connectivity index (χ1n) is 8.15. The number of H-pyrrole nitrogens is 1. The summed E-state index contributed by atoms with van der Waals surface area (Å²) in [6, 6.07) is 0.359. The van der Waals surface area contributed by atoms with Crippen LogP contribution in [-0.4, -0.2) is 42.9 Å². The average molecular weight is 332 g/mol. The van der Waals surface area contributed by atoms with Gasteiger partial charge in [0.1, 0.15) is 11.2 Å². The number of nitrogens with zero attached hydrogens (tertiary/aromatic N) is 4. The molecule has 0 aromatic carbocycles. The van der Waals surface area contributed by atoms with Gasteiger partial charge in [0.25, 0.3) is 5.56 Å². The van der Waals surface area contributed by atoms with Crippen molar-refractivity contribution in [3.8, 4) is 0 Å². The van der Waals surface area contributed by atoms with Crippen molar-refractivity contribution in [2.75, 3.05) is 13.1 Å². The highest BCUT2D eigenvalue weighted by Gasteiger charge is 2.31. The van der Waals surface area contributed by atoms with Gasteiger partial charge >= 0.3 is 0 Å². The molecule has 1 saturated heterocycles. The minimum absolute atomic E-state index is 0.110. The van der Waals surface area contributed by atoms with Gasteiger partial charge in [-0.05, 0) is 25.1 Å². The van der Waals surface area contributed by atoms with E-state index in [0.29, 0.717) is 41.1 Å². The Balaban J connectivity index is 1.68. The third-order valence-electron chi connectivity index (χ3n) is 4.98. The molecule has 0 spiro atoms. The van der Waals surface area contributed by atoms with Crippen LogP contribution in [0.1, 0.15) is 49.9 Å². The minimum atomic E-state index is -0.110. The molecule has 3 heterocycles. The lowest BCUT2D eigenvalue weighted by Gasteiger charge is -2.38. The Hall–Kier alpha value is -1.96. The van der Waals surface area contributed by atoms with E-state index in [9.17, 15) is 4.79 Å². The van der Waals surface area contributed by atoms with Gasteiger partial charge in [0.05, 0.1) is 18.2 Å². The lowest BCUT2D eigenvalue weighted by Crippen LogP contribution is -2.51. The van der Waals surface area contributed by atoms with Crippen molar-refractivity contribution in [1.29, 1.82) is 0 Å². The molecule has 0 bridgehead atoms. The molecule has 122 valence electrons. The zero-order chi connectivity index (χ0) is 16.0. The molecular formula is C15H20N6OS. The van der Waals surface area contributed by atoms with Gasteiger partial charge in [-0.15, -0.1) is 0 Å². The molecule has 3 N–H and O–H groups in total. The number of rotatable bonds is 2. The Labute approximate surface area is 138 Å². The van der Waals surface area contributed by atoms with E-state index in [2.05, 4.69) is 10.1 Å². The summed E-state index contributed by atoms with van der Waals surface area (Å²) in [4.78, 5) is 21.9. The van der Waals surface area contributed by atoms with Gasteiger partial charge in [-0.2, -0.15) is 5.10 Å². The summed E-state index contributed by atoms with van der Waals surface area (Å²) in [5, 5.41) is 5.42. The Kier molecular flexibility index (Phi) is 3.56. The van der Waals surface area contributed by atoms with Crippen LogP contribution in [0.5, 0.6) is 0 Å². The van der Waals surface area contributed by atoms with Crippen molar-refractivity contribution in [3.63, 3.8) is 0 Å². The SMILES string of the molecule is NC(=S)N1CC(c2nc3c(cnn3C3CCCCC3)c(=O)[nH]2)C1. The van der Waals surface area contributed by atoms with Gasteiger partial charge in [0.15, 0.2) is 10.8 Å². The molecule has 2 aromatic rings.